The molecule has 2 aliphatic rings. The molecule has 0 radical (unpaired) electrons. The summed E-state index contributed by atoms with van der Waals surface area (Å²) in [5.74, 6) is 0. The molecule has 0 aliphatic carbocycles. The first kappa shape index (κ1) is 14.9. The van der Waals surface area contributed by atoms with Crippen molar-refractivity contribution in [1.82, 2.24) is 30.1 Å². The van der Waals surface area contributed by atoms with Gasteiger partial charge in [-0.2, -0.15) is 0 Å². The number of piperidine rings is 1. The van der Waals surface area contributed by atoms with Crippen LogP contribution in [0.3, 0.4) is 0 Å². The van der Waals surface area contributed by atoms with E-state index in [0.29, 0.717) is 0 Å². The van der Waals surface area contributed by atoms with E-state index >= 15 is 0 Å². The third-order valence-corrected chi connectivity index (χ3v) is 4.71. The molecule has 6 nitrogen and oxygen atoms in total. The standard InChI is InChI=1S/C15H28N6/c1-2-16-11-14-12-21(18-17-14)10-8-19-7-9-20-6-4-3-5-15(20)13-19/h12,15-16H,2-11,13H2,1H3. The molecule has 21 heavy (non-hydrogen) atoms. The Morgan fingerprint density at radius 1 is 1.24 bits per heavy atom. The number of nitrogens with zero attached hydrogens (tertiary/aromatic N) is 5. The highest BCUT2D eigenvalue weighted by Gasteiger charge is 2.28. The monoisotopic (exact) mass is 292 g/mol. The molecule has 2 aliphatic heterocycles. The lowest BCUT2D eigenvalue weighted by Gasteiger charge is -2.44. The lowest BCUT2D eigenvalue weighted by Crippen LogP contribution is -2.55. The molecule has 1 unspecified atom stereocenters. The largest absolute Gasteiger partial charge is 0.311 e. The molecule has 3 heterocycles. The molecule has 0 aromatic carbocycles. The molecule has 3 rings (SSSR count). The molecule has 1 aromatic heterocycles. The zero-order valence-corrected chi connectivity index (χ0v) is 13.2. The Kier molecular flexibility index (Phi) is 5.22. The smallest absolute Gasteiger partial charge is 0.0964 e. The molecule has 6 heteroatoms. The summed E-state index contributed by atoms with van der Waals surface area (Å²) in [6.07, 6.45) is 6.25. The molecule has 2 saturated heterocycles. The van der Waals surface area contributed by atoms with Crippen LogP contribution in [0.1, 0.15) is 31.9 Å². The van der Waals surface area contributed by atoms with Gasteiger partial charge in [0.25, 0.3) is 0 Å². The highest BCUT2D eigenvalue weighted by atomic mass is 15.4. The molecule has 2 fully saturated rings. The fourth-order valence-corrected chi connectivity index (χ4v) is 3.45. The Morgan fingerprint density at radius 2 is 2.19 bits per heavy atom. The predicted octanol–water partition coefficient (Wildman–Crippen LogP) is 0.558. The first-order valence-corrected chi connectivity index (χ1v) is 8.41. The Balaban J connectivity index is 1.43. The Labute approximate surface area is 127 Å². The van der Waals surface area contributed by atoms with Gasteiger partial charge in [-0.3, -0.25) is 14.5 Å². The summed E-state index contributed by atoms with van der Waals surface area (Å²) < 4.78 is 1.99. The maximum absolute atomic E-state index is 4.22. The SMILES string of the molecule is CCNCc1cn(CCN2CCN3CCCCC3C2)nn1. The van der Waals surface area contributed by atoms with Gasteiger partial charge in [0.05, 0.1) is 12.2 Å². The Hall–Kier alpha value is -0.980. The van der Waals surface area contributed by atoms with E-state index in [4.69, 9.17) is 0 Å². The van der Waals surface area contributed by atoms with Crippen LogP contribution in [0.15, 0.2) is 6.20 Å². The van der Waals surface area contributed by atoms with Crippen LogP contribution < -0.4 is 5.32 Å². The van der Waals surface area contributed by atoms with Gasteiger partial charge in [-0.05, 0) is 25.9 Å². The second kappa shape index (κ2) is 7.33. The number of hydrogen-bond acceptors (Lipinski definition) is 5. The quantitative estimate of drug-likeness (QED) is 0.830. The van der Waals surface area contributed by atoms with Gasteiger partial charge in [0.1, 0.15) is 0 Å². The summed E-state index contributed by atoms with van der Waals surface area (Å²) in [6.45, 7) is 10.9. The van der Waals surface area contributed by atoms with Crippen molar-refractivity contribution in [2.24, 2.45) is 0 Å². The van der Waals surface area contributed by atoms with Crippen LogP contribution >= 0.6 is 0 Å². The molecule has 1 N–H and O–H groups in total. The van der Waals surface area contributed by atoms with Gasteiger partial charge in [0, 0.05) is 45.0 Å². The number of piperazine rings is 1. The summed E-state index contributed by atoms with van der Waals surface area (Å²) >= 11 is 0. The summed E-state index contributed by atoms with van der Waals surface area (Å²) in [6, 6.07) is 0.799. The van der Waals surface area contributed by atoms with Crippen LogP contribution in [-0.2, 0) is 13.1 Å². The Bertz CT molecular complexity index is 432. The van der Waals surface area contributed by atoms with E-state index in [9.17, 15) is 0 Å². The summed E-state index contributed by atoms with van der Waals surface area (Å²) in [5.41, 5.74) is 1.04. The normalized spacial score (nSPS) is 24.1. The first-order chi connectivity index (χ1) is 10.3. The third kappa shape index (κ3) is 4.02. The zero-order valence-electron chi connectivity index (χ0n) is 13.2. The summed E-state index contributed by atoms with van der Waals surface area (Å²) in [7, 11) is 0. The first-order valence-electron chi connectivity index (χ1n) is 8.41. The van der Waals surface area contributed by atoms with Crippen molar-refractivity contribution in [2.45, 2.75) is 45.3 Å². The average Bonchev–Trinajstić information content (AvgIpc) is 2.98. The number of rotatable bonds is 6. The maximum Gasteiger partial charge on any atom is 0.0964 e. The number of hydrogen-bond donors (Lipinski definition) is 1. The van der Waals surface area contributed by atoms with Crippen molar-refractivity contribution >= 4 is 0 Å². The van der Waals surface area contributed by atoms with E-state index in [1.807, 2.05) is 4.68 Å². The van der Waals surface area contributed by atoms with Crippen molar-refractivity contribution < 1.29 is 0 Å². The van der Waals surface area contributed by atoms with Crippen LogP contribution in [0, 0.1) is 0 Å². The zero-order chi connectivity index (χ0) is 14.5. The average molecular weight is 292 g/mol. The van der Waals surface area contributed by atoms with E-state index in [-0.39, 0.29) is 0 Å². The molecule has 0 bridgehead atoms. The molecule has 118 valence electrons. The topological polar surface area (TPSA) is 49.2 Å². The number of fused-ring (bicyclic) bond motifs is 1. The second-order valence-electron chi connectivity index (χ2n) is 6.24. The van der Waals surface area contributed by atoms with Crippen molar-refractivity contribution in [3.63, 3.8) is 0 Å². The van der Waals surface area contributed by atoms with Crippen LogP contribution in [-0.4, -0.2) is 70.1 Å². The van der Waals surface area contributed by atoms with Gasteiger partial charge in [0.15, 0.2) is 0 Å². The van der Waals surface area contributed by atoms with Crippen molar-refractivity contribution in [3.05, 3.63) is 11.9 Å². The van der Waals surface area contributed by atoms with Crippen LogP contribution in [0.4, 0.5) is 0 Å². The minimum Gasteiger partial charge on any atom is -0.311 e. The van der Waals surface area contributed by atoms with Crippen molar-refractivity contribution in [1.29, 1.82) is 0 Å². The lowest BCUT2D eigenvalue weighted by molar-refractivity contribution is 0.0473. The van der Waals surface area contributed by atoms with Crippen LogP contribution in [0.2, 0.25) is 0 Å². The van der Waals surface area contributed by atoms with Gasteiger partial charge < -0.3 is 5.32 Å². The predicted molar refractivity (Wildman–Crippen MR) is 83.1 cm³/mol. The number of aromatic nitrogens is 3. The minimum atomic E-state index is 0.799. The maximum atomic E-state index is 4.22. The van der Waals surface area contributed by atoms with E-state index in [1.54, 1.807) is 0 Å². The lowest BCUT2D eigenvalue weighted by atomic mass is 9.99. The van der Waals surface area contributed by atoms with E-state index in [1.165, 1.54) is 45.4 Å². The van der Waals surface area contributed by atoms with Gasteiger partial charge in [-0.25, -0.2) is 0 Å². The van der Waals surface area contributed by atoms with Gasteiger partial charge in [-0.15, -0.1) is 5.10 Å². The van der Waals surface area contributed by atoms with Crippen molar-refractivity contribution in [3.8, 4) is 0 Å². The number of nitrogens with one attached hydrogen (secondary N) is 1. The molecular weight excluding hydrogens is 264 g/mol. The highest BCUT2D eigenvalue weighted by Crippen LogP contribution is 2.20. The third-order valence-electron chi connectivity index (χ3n) is 4.71. The molecule has 0 spiro atoms. The minimum absolute atomic E-state index is 0.799. The second-order valence-corrected chi connectivity index (χ2v) is 6.24. The van der Waals surface area contributed by atoms with Gasteiger partial charge in [-0.1, -0.05) is 18.6 Å². The summed E-state index contributed by atoms with van der Waals surface area (Å²) in [5, 5.41) is 11.7. The van der Waals surface area contributed by atoms with Crippen molar-refractivity contribution in [2.75, 3.05) is 39.3 Å². The van der Waals surface area contributed by atoms with E-state index < -0.39 is 0 Å². The van der Waals surface area contributed by atoms with Crippen LogP contribution in [0.25, 0.3) is 0 Å². The Morgan fingerprint density at radius 3 is 3.10 bits per heavy atom. The van der Waals surface area contributed by atoms with Gasteiger partial charge in [0.2, 0.25) is 0 Å². The molecule has 1 aromatic rings. The van der Waals surface area contributed by atoms with Crippen LogP contribution in [0.5, 0.6) is 0 Å². The molecule has 1 atom stereocenters. The van der Waals surface area contributed by atoms with E-state index in [2.05, 4.69) is 38.5 Å². The highest BCUT2D eigenvalue weighted by molar-refractivity contribution is 4.91. The fraction of sp³-hybridized carbons (Fsp3) is 0.867. The van der Waals surface area contributed by atoms with Gasteiger partial charge >= 0.3 is 0 Å². The molecule has 0 amide bonds. The molecular formula is C15H28N6. The fourth-order valence-electron chi connectivity index (χ4n) is 3.45. The van der Waals surface area contributed by atoms with E-state index in [0.717, 1.165) is 37.9 Å². The summed E-state index contributed by atoms with van der Waals surface area (Å²) in [4.78, 5) is 5.28. The molecule has 0 saturated carbocycles.